The van der Waals surface area contributed by atoms with Crippen molar-refractivity contribution in [3.05, 3.63) is 13.8 Å². The first-order valence-electron chi connectivity index (χ1n) is 4.68. The molecule has 0 aliphatic carbocycles. The number of nitrogens with zero attached hydrogens (tertiary/aromatic N) is 1. The van der Waals surface area contributed by atoms with Crippen LogP contribution in [0.3, 0.4) is 0 Å². The summed E-state index contributed by atoms with van der Waals surface area (Å²) >= 11 is 0. The van der Waals surface area contributed by atoms with Crippen molar-refractivity contribution in [1.82, 2.24) is 4.90 Å². The van der Waals surface area contributed by atoms with Gasteiger partial charge in [0.15, 0.2) is 0 Å². The van der Waals surface area contributed by atoms with E-state index in [1.54, 1.807) is 0 Å². The molecule has 0 aromatic rings. The van der Waals surface area contributed by atoms with Gasteiger partial charge in [0, 0.05) is 0 Å². The molecule has 0 atom stereocenters. The normalized spacial score (nSPS) is 9.87. The Kier molecular flexibility index (Phi) is 14.5. The summed E-state index contributed by atoms with van der Waals surface area (Å²) in [6.45, 7) is 13.4. The summed E-state index contributed by atoms with van der Waals surface area (Å²) in [6, 6.07) is 0. The van der Waals surface area contributed by atoms with E-state index in [1.165, 1.54) is 0 Å². The Morgan fingerprint density at radius 2 is 1.60 bits per heavy atom. The van der Waals surface area contributed by atoms with E-state index in [1.807, 2.05) is 39.8 Å². The van der Waals surface area contributed by atoms with Crippen molar-refractivity contribution in [3.8, 4) is 0 Å². The molecule has 0 N–H and O–H groups in total. The molecule has 15 heavy (non-hydrogen) atoms. The van der Waals surface area contributed by atoms with Crippen molar-refractivity contribution in [3.63, 3.8) is 0 Å². The number of hydrogen-bond donors (Lipinski definition) is 0. The van der Waals surface area contributed by atoms with Gasteiger partial charge in [-0.25, -0.2) is 0 Å². The van der Waals surface area contributed by atoms with E-state index in [9.17, 15) is 4.79 Å². The Morgan fingerprint density at radius 3 is 1.67 bits per heavy atom. The van der Waals surface area contributed by atoms with Crippen molar-refractivity contribution in [2.24, 2.45) is 0 Å². The third-order valence-electron chi connectivity index (χ3n) is 1.07. The van der Waals surface area contributed by atoms with Crippen molar-refractivity contribution < 1.29 is 30.6 Å². The summed E-state index contributed by atoms with van der Waals surface area (Å²) in [5.41, 5.74) is -0.366. The van der Waals surface area contributed by atoms with Crippen LogP contribution in [0.2, 0.25) is 0 Å². The van der Waals surface area contributed by atoms with Crippen LogP contribution in [0.15, 0.2) is 0 Å². The minimum Gasteiger partial charge on any atom is -0.462 e. The van der Waals surface area contributed by atoms with Gasteiger partial charge in [-0.15, -0.1) is 6.54 Å². The molecule has 0 aliphatic rings. The summed E-state index contributed by atoms with van der Waals surface area (Å²) in [4.78, 5) is 12.6. The molecule has 0 rings (SSSR count). The zero-order valence-corrected chi connectivity index (χ0v) is 13.4. The van der Waals surface area contributed by atoms with Gasteiger partial charge in [0.25, 0.3) is 5.97 Å². The van der Waals surface area contributed by atoms with Gasteiger partial charge in [0.2, 0.25) is 0 Å². The van der Waals surface area contributed by atoms with Gasteiger partial charge in [-0.05, 0) is 34.9 Å². The molecule has 0 amide bonds. The number of ether oxygens (including phenoxy) is 1. The molecule has 90 valence electrons. The van der Waals surface area contributed by atoms with Crippen LogP contribution in [0.1, 0.15) is 27.2 Å². The number of rotatable bonds is 2. The van der Waals surface area contributed by atoms with E-state index in [0.29, 0.717) is 0 Å². The van der Waals surface area contributed by atoms with Crippen LogP contribution in [-0.4, -0.2) is 37.1 Å². The van der Waals surface area contributed by atoms with Crippen LogP contribution >= 0.6 is 0 Å². The maximum absolute atomic E-state index is 10.5. The molecular formula is C11H23NO2W. The van der Waals surface area contributed by atoms with E-state index >= 15 is 0 Å². The van der Waals surface area contributed by atoms with E-state index in [-0.39, 0.29) is 39.1 Å². The third-order valence-corrected chi connectivity index (χ3v) is 1.07. The fourth-order valence-electron chi connectivity index (χ4n) is 0.393. The molecule has 4 heteroatoms. The second-order valence-electron chi connectivity index (χ2n) is 4.14. The Balaban J connectivity index is -0.000000208. The molecule has 0 unspecified atom stereocenters. The molecule has 0 saturated heterocycles. The van der Waals surface area contributed by atoms with Gasteiger partial charge in [-0.1, -0.05) is 6.42 Å². The summed E-state index contributed by atoms with van der Waals surface area (Å²) in [7, 11) is 3.99. The Labute approximate surface area is 109 Å². The standard InChI is InChI=1S/C7H13O2.C4H10N.W/c1-5-6(8)9-7(2,3)4;1-4-5(2)3;/h1,5H2,2-4H3;1,4H2,2-3H3;/q2*-1;+2. The minimum atomic E-state index is -0.366. The van der Waals surface area contributed by atoms with Gasteiger partial charge in [0.1, 0.15) is 5.60 Å². The predicted octanol–water partition coefficient (Wildman–Crippen LogP) is 1.93. The molecule has 0 saturated carbocycles. The molecule has 0 radical (unpaired) electrons. The molecule has 0 bridgehead atoms. The monoisotopic (exact) mass is 385 g/mol. The first-order valence-corrected chi connectivity index (χ1v) is 4.68. The van der Waals surface area contributed by atoms with Crippen molar-refractivity contribution in [1.29, 1.82) is 0 Å². The second kappa shape index (κ2) is 10.6. The van der Waals surface area contributed by atoms with Gasteiger partial charge in [-0.3, -0.25) is 4.79 Å². The number of carbonyl (C=O) groups is 1. The fourth-order valence-corrected chi connectivity index (χ4v) is 0.393. The number of hydrogen-bond acceptors (Lipinski definition) is 3. The summed E-state index contributed by atoms with van der Waals surface area (Å²) in [5, 5.41) is 0. The van der Waals surface area contributed by atoms with Gasteiger partial charge in [0.05, 0.1) is 0 Å². The van der Waals surface area contributed by atoms with Crippen LogP contribution in [0, 0.1) is 13.8 Å². The van der Waals surface area contributed by atoms with Crippen molar-refractivity contribution >= 4 is 5.97 Å². The minimum absolute atomic E-state index is 0. The average Bonchev–Trinajstić information content (AvgIpc) is 2.02. The van der Waals surface area contributed by atoms with Gasteiger partial charge >= 0.3 is 21.1 Å². The topological polar surface area (TPSA) is 29.5 Å². The molecule has 0 fully saturated rings. The molecular weight excluding hydrogens is 362 g/mol. The van der Waals surface area contributed by atoms with Crippen LogP contribution in [-0.2, 0) is 30.6 Å². The largest absolute Gasteiger partial charge is 2.00 e. The molecule has 0 aromatic heterocycles. The Bertz CT molecular complexity index is 153. The van der Waals surface area contributed by atoms with Crippen LogP contribution in [0.5, 0.6) is 0 Å². The van der Waals surface area contributed by atoms with E-state index in [0.717, 1.165) is 6.54 Å². The van der Waals surface area contributed by atoms with E-state index < -0.39 is 0 Å². The van der Waals surface area contributed by atoms with E-state index in [2.05, 4.69) is 13.8 Å². The first kappa shape index (κ1) is 20.5. The molecule has 0 spiro atoms. The Hall–Kier alpha value is 0.118. The summed E-state index contributed by atoms with van der Waals surface area (Å²) in [5.74, 6) is -0.248. The van der Waals surface area contributed by atoms with Crippen molar-refractivity contribution in [2.75, 3.05) is 20.6 Å². The summed E-state index contributed by atoms with van der Waals surface area (Å²) < 4.78 is 4.89. The first-order chi connectivity index (χ1) is 6.22. The quantitative estimate of drug-likeness (QED) is 0.538. The Morgan fingerprint density at radius 1 is 1.27 bits per heavy atom. The van der Waals surface area contributed by atoms with Gasteiger partial charge < -0.3 is 23.5 Å². The third kappa shape index (κ3) is 24.9. The van der Waals surface area contributed by atoms with Crippen LogP contribution in [0.25, 0.3) is 0 Å². The van der Waals surface area contributed by atoms with Crippen LogP contribution < -0.4 is 0 Å². The molecule has 0 heterocycles. The predicted molar refractivity (Wildman–Crippen MR) is 59.7 cm³/mol. The van der Waals surface area contributed by atoms with Crippen molar-refractivity contribution in [2.45, 2.75) is 32.8 Å². The maximum atomic E-state index is 10.5. The smallest absolute Gasteiger partial charge is 0.462 e. The molecule has 0 aliphatic heterocycles. The molecule has 0 aromatic carbocycles. The van der Waals surface area contributed by atoms with Crippen LogP contribution in [0.4, 0.5) is 0 Å². The average molecular weight is 385 g/mol. The SMILES string of the molecule is [CH2-]CC(=O)OC(C)(C)C.[CH2-]CN(C)C.[W+2]. The number of esters is 1. The fraction of sp³-hybridized carbons (Fsp3) is 0.727. The zero-order valence-electron chi connectivity index (χ0n) is 10.5. The maximum Gasteiger partial charge on any atom is 2.00 e. The van der Waals surface area contributed by atoms with E-state index in [4.69, 9.17) is 4.74 Å². The molecule has 3 nitrogen and oxygen atoms in total. The zero-order chi connectivity index (χ0) is 11.8. The second-order valence-corrected chi connectivity index (χ2v) is 4.14. The van der Waals surface area contributed by atoms with Gasteiger partial charge in [-0.2, -0.15) is 0 Å². The number of carbonyl (C=O) groups excluding carboxylic acids is 1. The summed E-state index contributed by atoms with van der Waals surface area (Å²) in [6.07, 6.45) is 0.206.